The third kappa shape index (κ3) is 2.18. The van der Waals surface area contributed by atoms with Crippen LogP contribution in [0.4, 0.5) is 5.82 Å². The number of aromatic nitrogens is 1. The van der Waals surface area contributed by atoms with Gasteiger partial charge in [0.1, 0.15) is 5.82 Å². The molecule has 0 aromatic carbocycles. The highest BCUT2D eigenvalue weighted by Crippen LogP contribution is 2.20. The average Bonchev–Trinajstić information content (AvgIpc) is 2.53. The standard InChI is InChI=1S/C10H15N3/c11-8-4-5-9(7-8)13-10-3-1-2-6-12-10/h1-3,6,8-9H,4-5,7,11H2,(H,12,13)/t8-,9-/m1/s1. The molecule has 0 amide bonds. The molecule has 3 nitrogen and oxygen atoms in total. The van der Waals surface area contributed by atoms with Crippen molar-refractivity contribution in [2.24, 2.45) is 5.73 Å². The van der Waals surface area contributed by atoms with Crippen molar-refractivity contribution >= 4 is 5.82 Å². The first-order valence-electron chi connectivity index (χ1n) is 4.78. The van der Waals surface area contributed by atoms with E-state index in [2.05, 4.69) is 10.3 Å². The summed E-state index contributed by atoms with van der Waals surface area (Å²) in [5, 5.41) is 3.38. The Morgan fingerprint density at radius 2 is 2.31 bits per heavy atom. The minimum atomic E-state index is 0.376. The van der Waals surface area contributed by atoms with Crippen LogP contribution in [0, 0.1) is 0 Å². The van der Waals surface area contributed by atoms with Crippen LogP contribution in [-0.2, 0) is 0 Å². The zero-order chi connectivity index (χ0) is 9.10. The summed E-state index contributed by atoms with van der Waals surface area (Å²) in [7, 11) is 0. The summed E-state index contributed by atoms with van der Waals surface area (Å²) in [5.41, 5.74) is 5.82. The van der Waals surface area contributed by atoms with Crippen molar-refractivity contribution in [1.82, 2.24) is 4.98 Å². The molecule has 1 saturated carbocycles. The van der Waals surface area contributed by atoms with Crippen LogP contribution < -0.4 is 11.1 Å². The molecular weight excluding hydrogens is 162 g/mol. The lowest BCUT2D eigenvalue weighted by molar-refractivity contribution is 0.686. The van der Waals surface area contributed by atoms with Crippen LogP contribution in [0.5, 0.6) is 0 Å². The van der Waals surface area contributed by atoms with E-state index < -0.39 is 0 Å². The number of anilines is 1. The monoisotopic (exact) mass is 177 g/mol. The maximum Gasteiger partial charge on any atom is 0.126 e. The van der Waals surface area contributed by atoms with E-state index in [9.17, 15) is 0 Å². The molecule has 1 aliphatic rings. The fourth-order valence-corrected chi connectivity index (χ4v) is 1.80. The van der Waals surface area contributed by atoms with Gasteiger partial charge in [-0.3, -0.25) is 0 Å². The lowest BCUT2D eigenvalue weighted by atomic mass is 10.2. The largest absolute Gasteiger partial charge is 0.367 e. The molecular formula is C10H15N3. The van der Waals surface area contributed by atoms with E-state index in [0.717, 1.165) is 25.1 Å². The van der Waals surface area contributed by atoms with Gasteiger partial charge < -0.3 is 11.1 Å². The van der Waals surface area contributed by atoms with Crippen LogP contribution in [0.3, 0.4) is 0 Å². The summed E-state index contributed by atoms with van der Waals surface area (Å²) in [4.78, 5) is 4.22. The number of pyridine rings is 1. The highest BCUT2D eigenvalue weighted by Gasteiger charge is 2.21. The van der Waals surface area contributed by atoms with Gasteiger partial charge in [0.05, 0.1) is 0 Å². The minimum absolute atomic E-state index is 0.376. The first kappa shape index (κ1) is 8.51. The van der Waals surface area contributed by atoms with Crippen LogP contribution in [0.1, 0.15) is 19.3 Å². The number of rotatable bonds is 2. The Kier molecular flexibility index (Phi) is 2.45. The quantitative estimate of drug-likeness (QED) is 0.717. The second-order valence-corrected chi connectivity index (χ2v) is 3.63. The van der Waals surface area contributed by atoms with Gasteiger partial charge in [0.2, 0.25) is 0 Å². The van der Waals surface area contributed by atoms with Gasteiger partial charge in [-0.1, -0.05) is 6.07 Å². The fraction of sp³-hybridized carbons (Fsp3) is 0.500. The van der Waals surface area contributed by atoms with E-state index in [1.54, 1.807) is 6.20 Å². The average molecular weight is 177 g/mol. The lowest BCUT2D eigenvalue weighted by Crippen LogP contribution is -2.21. The van der Waals surface area contributed by atoms with E-state index in [0.29, 0.717) is 12.1 Å². The molecule has 1 heterocycles. The summed E-state index contributed by atoms with van der Waals surface area (Å²) >= 11 is 0. The first-order valence-corrected chi connectivity index (χ1v) is 4.78. The number of nitrogens with one attached hydrogen (secondary N) is 1. The molecule has 2 rings (SSSR count). The summed E-state index contributed by atoms with van der Waals surface area (Å²) in [5.74, 6) is 0.960. The summed E-state index contributed by atoms with van der Waals surface area (Å²) in [6.07, 6.45) is 5.16. The zero-order valence-corrected chi connectivity index (χ0v) is 7.61. The second kappa shape index (κ2) is 3.75. The Balaban J connectivity index is 1.92. The van der Waals surface area contributed by atoms with Gasteiger partial charge in [0.25, 0.3) is 0 Å². The first-order chi connectivity index (χ1) is 6.34. The Morgan fingerprint density at radius 3 is 2.92 bits per heavy atom. The molecule has 0 radical (unpaired) electrons. The van der Waals surface area contributed by atoms with Gasteiger partial charge in [-0.25, -0.2) is 4.98 Å². The molecule has 0 aliphatic heterocycles. The smallest absolute Gasteiger partial charge is 0.126 e. The molecule has 3 N–H and O–H groups in total. The summed E-state index contributed by atoms with van der Waals surface area (Å²) < 4.78 is 0. The van der Waals surface area contributed by atoms with Crippen molar-refractivity contribution in [3.63, 3.8) is 0 Å². The molecule has 0 unspecified atom stereocenters. The number of nitrogens with zero attached hydrogens (tertiary/aromatic N) is 1. The normalized spacial score (nSPS) is 27.5. The summed E-state index contributed by atoms with van der Waals surface area (Å²) in [6, 6.07) is 6.80. The van der Waals surface area contributed by atoms with Gasteiger partial charge >= 0.3 is 0 Å². The fourth-order valence-electron chi connectivity index (χ4n) is 1.80. The van der Waals surface area contributed by atoms with E-state index in [-0.39, 0.29) is 0 Å². The number of hydrogen-bond donors (Lipinski definition) is 2. The molecule has 0 saturated heterocycles. The number of nitrogens with two attached hydrogens (primary N) is 1. The molecule has 2 atom stereocenters. The van der Waals surface area contributed by atoms with Gasteiger partial charge in [-0.15, -0.1) is 0 Å². The van der Waals surface area contributed by atoms with Crippen molar-refractivity contribution in [2.45, 2.75) is 31.3 Å². The Morgan fingerprint density at radius 1 is 1.38 bits per heavy atom. The SMILES string of the molecule is N[C@@H]1CC[C@@H](Nc2ccccn2)C1. The molecule has 70 valence electrons. The van der Waals surface area contributed by atoms with Crippen LogP contribution in [0.25, 0.3) is 0 Å². The maximum absolute atomic E-state index is 5.82. The van der Waals surface area contributed by atoms with Gasteiger partial charge in [-0.05, 0) is 31.4 Å². The predicted octanol–water partition coefficient (Wildman–Crippen LogP) is 1.37. The highest BCUT2D eigenvalue weighted by molar-refractivity contribution is 5.34. The van der Waals surface area contributed by atoms with E-state index in [1.165, 1.54) is 0 Å². The van der Waals surface area contributed by atoms with Crippen LogP contribution in [0.2, 0.25) is 0 Å². The van der Waals surface area contributed by atoms with Gasteiger partial charge in [0.15, 0.2) is 0 Å². The van der Waals surface area contributed by atoms with E-state index >= 15 is 0 Å². The molecule has 13 heavy (non-hydrogen) atoms. The van der Waals surface area contributed by atoms with E-state index in [1.807, 2.05) is 18.2 Å². The topological polar surface area (TPSA) is 50.9 Å². The van der Waals surface area contributed by atoms with Gasteiger partial charge in [0, 0.05) is 18.3 Å². The third-order valence-corrected chi connectivity index (χ3v) is 2.49. The lowest BCUT2D eigenvalue weighted by Gasteiger charge is -2.12. The molecule has 1 aliphatic carbocycles. The molecule has 1 aromatic rings. The predicted molar refractivity (Wildman–Crippen MR) is 53.5 cm³/mol. The molecule has 1 aromatic heterocycles. The van der Waals surface area contributed by atoms with Crippen LogP contribution in [0.15, 0.2) is 24.4 Å². The highest BCUT2D eigenvalue weighted by atomic mass is 15.0. The van der Waals surface area contributed by atoms with Crippen molar-refractivity contribution in [3.05, 3.63) is 24.4 Å². The third-order valence-electron chi connectivity index (χ3n) is 2.49. The van der Waals surface area contributed by atoms with Gasteiger partial charge in [-0.2, -0.15) is 0 Å². The molecule has 1 fully saturated rings. The van der Waals surface area contributed by atoms with E-state index in [4.69, 9.17) is 5.73 Å². The maximum atomic E-state index is 5.82. The van der Waals surface area contributed by atoms with Crippen molar-refractivity contribution in [2.75, 3.05) is 5.32 Å². The molecule has 0 bridgehead atoms. The van der Waals surface area contributed by atoms with Crippen LogP contribution >= 0.6 is 0 Å². The number of hydrogen-bond acceptors (Lipinski definition) is 3. The second-order valence-electron chi connectivity index (χ2n) is 3.63. The van der Waals surface area contributed by atoms with Crippen molar-refractivity contribution in [3.8, 4) is 0 Å². The Hall–Kier alpha value is -1.09. The summed E-state index contributed by atoms with van der Waals surface area (Å²) in [6.45, 7) is 0. The molecule has 0 spiro atoms. The molecule has 3 heteroatoms. The van der Waals surface area contributed by atoms with Crippen LogP contribution in [-0.4, -0.2) is 17.1 Å². The van der Waals surface area contributed by atoms with Crippen molar-refractivity contribution in [1.29, 1.82) is 0 Å². The Bertz CT molecular complexity index is 260. The Labute approximate surface area is 78.4 Å². The van der Waals surface area contributed by atoms with Crippen molar-refractivity contribution < 1.29 is 0 Å². The minimum Gasteiger partial charge on any atom is -0.367 e. The zero-order valence-electron chi connectivity index (χ0n) is 7.61.